The zero-order chi connectivity index (χ0) is 75.9. The monoisotopic (exact) mass is 1440 g/mol. The zero-order valence-electron chi connectivity index (χ0n) is 63.5. The molecule has 550 valence electrons. The van der Waals surface area contributed by atoms with Crippen LogP contribution in [0.15, 0.2) is 202 Å². The highest BCUT2D eigenvalue weighted by atomic mass is 16.5. The second-order valence-electron chi connectivity index (χ2n) is 30.3. The molecule has 108 heavy (non-hydrogen) atoms. The molecule has 14 heteroatoms. The van der Waals surface area contributed by atoms with Crippen LogP contribution in [0, 0.1) is 33.6 Å². The summed E-state index contributed by atoms with van der Waals surface area (Å²) < 4.78 is 12.1. The van der Waals surface area contributed by atoms with E-state index in [1.807, 2.05) is 125 Å². The van der Waals surface area contributed by atoms with E-state index in [2.05, 4.69) is 89.9 Å². The second kappa shape index (κ2) is 33.4. The Morgan fingerprint density at radius 3 is 1.17 bits per heavy atom. The Hall–Kier alpha value is -11.1. The third-order valence-electron chi connectivity index (χ3n) is 22.1. The van der Waals surface area contributed by atoms with E-state index in [4.69, 9.17) is 4.74 Å². The number of rotatable bonds is 12. The van der Waals surface area contributed by atoms with E-state index < -0.39 is 0 Å². The first kappa shape index (κ1) is 75.2. The van der Waals surface area contributed by atoms with Gasteiger partial charge in [0.1, 0.15) is 23.1 Å². The quantitative estimate of drug-likeness (QED) is 0.114. The van der Waals surface area contributed by atoms with Crippen LogP contribution in [0.2, 0.25) is 0 Å². The standard InChI is InChI=1S/2C24H23NO2.C23H22N2O2.C23H27NO3/c1-16-12-19(15-25(2)24(16)27)21-11-9-18-8-10-20(26)14-22(18)23(21)13-17-6-4-3-5-7-17;1-16-10-21(15-25(2)24(16)27)23-14-19-13-22(26)9-8-18(19)12-20(23)11-17-6-4-3-5-7-17;1-15-9-19(14-25(2)23(15)27)22-13-17-12-21(26)7-6-16(17)10-18(22)11-20-5-3-4-8-24-20;1-15-9-20(14-24(2)23(15)26)22-13-18-12-21(25)4-3-17(18)11-19(22)10-16-5-7-27-8-6-16/h3-7,9,11-12,15H,8,10,13-14H2,1-2H3;3-7,10,12,14-15H,8-9,11,13H2,1-2H3;3-5,8-10,13-14H,6-7,11-12H2,1-2H3;9,11,13-14,16H,3-8,10,12H2,1-2H3. The summed E-state index contributed by atoms with van der Waals surface area (Å²) in [5.41, 5.74) is 29.8. The van der Waals surface area contributed by atoms with Gasteiger partial charge in [-0.15, -0.1) is 0 Å². The molecule has 0 unspecified atom stereocenters. The Morgan fingerprint density at radius 2 is 0.741 bits per heavy atom. The lowest BCUT2D eigenvalue weighted by Gasteiger charge is -2.25. The molecule has 0 saturated carbocycles. The maximum absolute atomic E-state index is 12.2. The number of ketones is 4. The Kier molecular flexibility index (Phi) is 23.2. The number of pyridine rings is 5. The minimum Gasteiger partial charge on any atom is -0.381 e. The molecular formula is C94H95N5O9. The van der Waals surface area contributed by atoms with Gasteiger partial charge in [-0.05, 0) is 250 Å². The molecule has 1 aliphatic heterocycles. The Morgan fingerprint density at radius 1 is 0.361 bits per heavy atom. The highest BCUT2D eigenvalue weighted by Crippen LogP contribution is 2.38. The molecule has 0 spiro atoms. The third-order valence-corrected chi connectivity index (χ3v) is 22.1. The van der Waals surface area contributed by atoms with Gasteiger partial charge in [-0.3, -0.25) is 43.3 Å². The summed E-state index contributed by atoms with van der Waals surface area (Å²) >= 11 is 0. The maximum Gasteiger partial charge on any atom is 0.253 e. The molecule has 5 aromatic heterocycles. The largest absolute Gasteiger partial charge is 0.381 e. The van der Waals surface area contributed by atoms with Crippen molar-refractivity contribution in [2.45, 2.75) is 143 Å². The van der Waals surface area contributed by atoms with Gasteiger partial charge in [-0.2, -0.15) is 0 Å². The summed E-state index contributed by atoms with van der Waals surface area (Å²) in [5.74, 6) is 1.87. The van der Waals surface area contributed by atoms with Gasteiger partial charge in [-0.25, -0.2) is 0 Å². The Balaban J connectivity index is 0.000000127. The molecule has 0 atom stereocenters. The summed E-state index contributed by atoms with van der Waals surface area (Å²) in [6.07, 6.45) is 22.9. The molecule has 1 fully saturated rings. The number of carbonyl (C=O) groups is 4. The van der Waals surface area contributed by atoms with Gasteiger partial charge in [-0.1, -0.05) is 115 Å². The third kappa shape index (κ3) is 17.6. The number of benzene rings is 6. The van der Waals surface area contributed by atoms with E-state index in [-0.39, 0.29) is 22.2 Å². The van der Waals surface area contributed by atoms with Gasteiger partial charge in [0.15, 0.2) is 0 Å². The van der Waals surface area contributed by atoms with Crippen LogP contribution in [0.3, 0.4) is 0 Å². The van der Waals surface area contributed by atoms with Crippen molar-refractivity contribution in [1.82, 2.24) is 23.3 Å². The number of aromatic nitrogens is 5. The van der Waals surface area contributed by atoms with Crippen LogP contribution >= 0.6 is 0 Å². The fourth-order valence-corrected chi connectivity index (χ4v) is 16.3. The molecule has 0 bridgehead atoms. The van der Waals surface area contributed by atoms with Crippen LogP contribution < -0.4 is 22.2 Å². The van der Waals surface area contributed by atoms with Crippen LogP contribution in [0.5, 0.6) is 0 Å². The number of hydrogen-bond acceptors (Lipinski definition) is 10. The summed E-state index contributed by atoms with van der Waals surface area (Å²) in [7, 11) is 7.16. The van der Waals surface area contributed by atoms with Gasteiger partial charge in [0.2, 0.25) is 0 Å². The number of fused-ring (bicyclic) bond motifs is 4. The molecule has 0 amide bonds. The van der Waals surface area contributed by atoms with Gasteiger partial charge < -0.3 is 23.0 Å². The van der Waals surface area contributed by atoms with Crippen LogP contribution in [-0.2, 0) is 129 Å². The number of hydrogen-bond donors (Lipinski definition) is 0. The molecule has 1 saturated heterocycles. The Labute approximate surface area is 631 Å². The molecule has 6 aromatic carbocycles. The summed E-state index contributed by atoms with van der Waals surface area (Å²) in [5, 5.41) is 0. The highest BCUT2D eigenvalue weighted by molar-refractivity contribution is 5.88. The van der Waals surface area contributed by atoms with Crippen LogP contribution in [0.4, 0.5) is 0 Å². The summed E-state index contributed by atoms with van der Waals surface area (Å²) in [6, 6.07) is 52.2. The SMILES string of the molecule is Cc1cc(-c2cc3c(cc2CC2CCOCC2)CCC(=O)C3)cn(C)c1=O.Cc1cc(-c2cc3c(cc2Cc2ccccc2)CCC(=O)C3)cn(C)c1=O.Cc1cc(-c2cc3c(cc2Cc2ccccn2)CCC(=O)C3)cn(C)c1=O.Cc1cc(-c2ccc3c(c2Cc2ccccc2)CC(=O)CC3)cn(C)c1=O. The molecular weight excluding hydrogens is 1340 g/mol. The van der Waals surface area contributed by atoms with Crippen molar-refractivity contribution in [3.8, 4) is 44.5 Å². The normalized spacial score (nSPS) is 14.6. The molecule has 16 rings (SSSR count). The van der Waals surface area contributed by atoms with Crippen molar-refractivity contribution >= 4 is 23.1 Å². The fourth-order valence-electron chi connectivity index (χ4n) is 16.3. The van der Waals surface area contributed by atoms with Gasteiger partial charge >= 0.3 is 0 Å². The van der Waals surface area contributed by atoms with Gasteiger partial charge in [0.25, 0.3) is 22.2 Å². The average Bonchev–Trinajstić information content (AvgIpc) is 0.783. The Bertz CT molecular complexity index is 5170. The van der Waals surface area contributed by atoms with Crippen molar-refractivity contribution in [2.75, 3.05) is 13.2 Å². The van der Waals surface area contributed by atoms with Crippen LogP contribution in [0.1, 0.15) is 144 Å². The van der Waals surface area contributed by atoms with Crippen molar-refractivity contribution in [1.29, 1.82) is 0 Å². The van der Waals surface area contributed by atoms with Crippen molar-refractivity contribution < 1.29 is 23.9 Å². The molecule has 0 radical (unpaired) electrons. The second-order valence-corrected chi connectivity index (χ2v) is 30.3. The van der Waals surface area contributed by atoms with Gasteiger partial charge in [0, 0.05) is 158 Å². The van der Waals surface area contributed by atoms with E-state index in [9.17, 15) is 38.4 Å². The molecule has 0 N–H and O–H groups in total. The zero-order valence-corrected chi connectivity index (χ0v) is 63.5. The molecule has 5 aliphatic rings. The van der Waals surface area contributed by atoms with Crippen molar-refractivity contribution in [2.24, 2.45) is 34.1 Å². The number of ether oxygens (including phenoxy) is 1. The first-order valence-electron chi connectivity index (χ1n) is 38.0. The highest BCUT2D eigenvalue weighted by Gasteiger charge is 2.27. The summed E-state index contributed by atoms with van der Waals surface area (Å²) in [4.78, 5) is 101. The first-order chi connectivity index (χ1) is 52.0. The lowest BCUT2D eigenvalue weighted by atomic mass is 9.82. The smallest absolute Gasteiger partial charge is 0.253 e. The van der Waals surface area contributed by atoms with Crippen LogP contribution in [0.25, 0.3) is 44.5 Å². The number of aryl methyl sites for hydroxylation is 12. The van der Waals surface area contributed by atoms with E-state index in [1.54, 1.807) is 46.5 Å². The van der Waals surface area contributed by atoms with E-state index in [0.29, 0.717) is 86.0 Å². The number of carbonyl (C=O) groups excluding carboxylic acids is 4. The summed E-state index contributed by atoms with van der Waals surface area (Å²) in [6.45, 7) is 9.10. The number of nitrogens with zero attached hydrogens (tertiary/aromatic N) is 5. The van der Waals surface area contributed by atoms with Crippen molar-refractivity contribution in [3.63, 3.8) is 0 Å². The van der Waals surface area contributed by atoms with Crippen LogP contribution in [-0.4, -0.2) is 59.6 Å². The first-order valence-corrected chi connectivity index (χ1v) is 38.0. The van der Waals surface area contributed by atoms with E-state index in [0.717, 1.165) is 155 Å². The predicted molar refractivity (Wildman–Crippen MR) is 428 cm³/mol. The maximum atomic E-state index is 12.2. The molecule has 11 aromatic rings. The lowest BCUT2D eigenvalue weighted by molar-refractivity contribution is -0.119. The molecule has 6 heterocycles. The minimum atomic E-state index is 0.0122. The van der Waals surface area contributed by atoms with Gasteiger partial charge in [0.05, 0.1) is 0 Å². The van der Waals surface area contributed by atoms with E-state index >= 15 is 0 Å². The lowest BCUT2D eigenvalue weighted by Crippen LogP contribution is -2.20. The number of Topliss-reactive ketones (excluding diaryl/α,β-unsaturated/α-hetero) is 4. The minimum absolute atomic E-state index is 0.0122. The molecule has 4 aliphatic carbocycles. The average molecular weight is 1440 g/mol. The molecule has 14 nitrogen and oxygen atoms in total. The topological polar surface area (TPSA) is 178 Å². The van der Waals surface area contributed by atoms with E-state index in [1.165, 1.54) is 66.8 Å². The fraction of sp³-hybridized carbons (Fsp3) is 0.309. The van der Waals surface area contributed by atoms with Crippen molar-refractivity contribution in [3.05, 3.63) is 330 Å². The predicted octanol–water partition coefficient (Wildman–Crippen LogP) is 14.8.